The largest absolute Gasteiger partial charge is 0.496 e. The highest BCUT2D eigenvalue weighted by atomic mass is 79.9. The summed E-state index contributed by atoms with van der Waals surface area (Å²) in [6.45, 7) is -0.311. The number of benzene rings is 1. The molecular weight excluding hydrogens is 344 g/mol. The van der Waals surface area contributed by atoms with E-state index in [-0.39, 0.29) is 12.4 Å². The molecule has 20 heavy (non-hydrogen) atoms. The number of carbonyl (C=O) groups is 2. The van der Waals surface area contributed by atoms with E-state index in [1.165, 1.54) is 18.4 Å². The zero-order chi connectivity index (χ0) is 14.5. The Bertz CT molecular complexity index is 636. The molecule has 0 fully saturated rings. The molecule has 0 unspecified atom stereocenters. The van der Waals surface area contributed by atoms with Crippen LogP contribution in [0.3, 0.4) is 0 Å². The first-order valence-electron chi connectivity index (χ1n) is 5.70. The fourth-order valence-corrected chi connectivity index (χ4v) is 2.86. The van der Waals surface area contributed by atoms with E-state index >= 15 is 0 Å². The topological polar surface area (TPSA) is 52.6 Å². The average Bonchev–Trinajstić information content (AvgIpc) is 2.91. The summed E-state index contributed by atoms with van der Waals surface area (Å²) in [5.74, 6) is -0.345. The van der Waals surface area contributed by atoms with E-state index in [2.05, 4.69) is 15.9 Å². The Labute approximate surface area is 128 Å². The maximum Gasteiger partial charge on any atom is 0.348 e. The van der Waals surface area contributed by atoms with Gasteiger partial charge in [-0.05, 0) is 40.2 Å². The third-order valence-electron chi connectivity index (χ3n) is 2.52. The molecule has 0 N–H and O–H groups in total. The van der Waals surface area contributed by atoms with Crippen molar-refractivity contribution in [2.75, 3.05) is 13.7 Å². The molecule has 0 radical (unpaired) electrons. The molecule has 2 aromatic rings. The monoisotopic (exact) mass is 354 g/mol. The first-order valence-corrected chi connectivity index (χ1v) is 7.31. The van der Waals surface area contributed by atoms with Crippen molar-refractivity contribution in [3.8, 4) is 5.75 Å². The first kappa shape index (κ1) is 14.7. The lowest BCUT2D eigenvalue weighted by Crippen LogP contribution is -2.14. The first-order chi connectivity index (χ1) is 9.61. The second-order valence-electron chi connectivity index (χ2n) is 3.80. The van der Waals surface area contributed by atoms with E-state index in [4.69, 9.17) is 9.47 Å². The second-order valence-corrected chi connectivity index (χ2v) is 6.27. The van der Waals surface area contributed by atoms with E-state index in [0.29, 0.717) is 16.2 Å². The van der Waals surface area contributed by atoms with E-state index in [9.17, 15) is 9.59 Å². The Morgan fingerprint density at radius 3 is 2.60 bits per heavy atom. The Morgan fingerprint density at radius 1 is 1.20 bits per heavy atom. The summed E-state index contributed by atoms with van der Waals surface area (Å²) >= 11 is 4.52. The molecular formula is C14H11BrO4S. The number of hydrogen-bond acceptors (Lipinski definition) is 5. The Morgan fingerprint density at radius 2 is 1.95 bits per heavy atom. The minimum atomic E-state index is -0.510. The van der Waals surface area contributed by atoms with Gasteiger partial charge in [0.1, 0.15) is 10.6 Å². The summed E-state index contributed by atoms with van der Waals surface area (Å²) in [5, 5.41) is 0. The number of rotatable bonds is 5. The van der Waals surface area contributed by atoms with Crippen molar-refractivity contribution in [3.63, 3.8) is 0 Å². The molecule has 0 spiro atoms. The van der Waals surface area contributed by atoms with Crippen molar-refractivity contribution in [2.45, 2.75) is 0 Å². The lowest BCUT2D eigenvalue weighted by molar-refractivity contribution is 0.0479. The van der Waals surface area contributed by atoms with Gasteiger partial charge < -0.3 is 9.47 Å². The number of carbonyl (C=O) groups excluding carboxylic acids is 2. The number of ketones is 1. The molecule has 6 heteroatoms. The van der Waals surface area contributed by atoms with E-state index in [1.54, 1.807) is 36.4 Å². The number of ether oxygens (including phenoxy) is 2. The van der Waals surface area contributed by atoms with Gasteiger partial charge in [-0.3, -0.25) is 4.79 Å². The molecule has 1 aromatic heterocycles. The smallest absolute Gasteiger partial charge is 0.348 e. The average molecular weight is 355 g/mol. The van der Waals surface area contributed by atoms with Gasteiger partial charge in [0.25, 0.3) is 0 Å². The normalized spacial score (nSPS) is 10.1. The SMILES string of the molecule is COc1ccccc1C(=O)COC(=O)c1ccc(Br)s1. The zero-order valence-electron chi connectivity index (χ0n) is 10.6. The molecule has 1 heterocycles. The third-order valence-corrected chi connectivity index (χ3v) is 4.12. The molecule has 4 nitrogen and oxygen atoms in total. The van der Waals surface area contributed by atoms with Crippen LogP contribution in [0.4, 0.5) is 0 Å². The predicted molar refractivity (Wildman–Crippen MR) is 79.6 cm³/mol. The van der Waals surface area contributed by atoms with Gasteiger partial charge in [-0.15, -0.1) is 11.3 Å². The summed E-state index contributed by atoms with van der Waals surface area (Å²) in [5.41, 5.74) is 0.398. The fraction of sp³-hybridized carbons (Fsp3) is 0.143. The van der Waals surface area contributed by atoms with E-state index < -0.39 is 5.97 Å². The van der Waals surface area contributed by atoms with Gasteiger partial charge in [-0.1, -0.05) is 12.1 Å². The minimum absolute atomic E-state index is 0.300. The number of halogens is 1. The van der Waals surface area contributed by atoms with Crippen molar-refractivity contribution in [3.05, 3.63) is 50.6 Å². The van der Waals surface area contributed by atoms with Crippen LogP contribution in [-0.2, 0) is 4.74 Å². The van der Waals surface area contributed by atoms with Crippen LogP contribution in [-0.4, -0.2) is 25.5 Å². The van der Waals surface area contributed by atoms with Gasteiger partial charge >= 0.3 is 5.97 Å². The summed E-state index contributed by atoms with van der Waals surface area (Å²) in [6, 6.07) is 10.2. The van der Waals surface area contributed by atoms with E-state index in [1.807, 2.05) is 0 Å². The van der Waals surface area contributed by atoms with Gasteiger partial charge in [0, 0.05) is 0 Å². The van der Waals surface area contributed by atoms with Crippen molar-refractivity contribution >= 4 is 39.0 Å². The van der Waals surface area contributed by atoms with Gasteiger partial charge in [0.2, 0.25) is 5.78 Å². The molecule has 1 aromatic carbocycles. The van der Waals surface area contributed by atoms with Gasteiger partial charge in [0.15, 0.2) is 6.61 Å². The van der Waals surface area contributed by atoms with Crippen molar-refractivity contribution in [2.24, 2.45) is 0 Å². The molecule has 0 bridgehead atoms. The fourth-order valence-electron chi connectivity index (χ4n) is 1.58. The predicted octanol–water partition coefficient (Wildman–Crippen LogP) is 3.56. The van der Waals surface area contributed by atoms with Crippen LogP contribution >= 0.6 is 27.3 Å². The molecule has 0 aliphatic heterocycles. The Kier molecular flexibility index (Phi) is 4.92. The quantitative estimate of drug-likeness (QED) is 0.608. The number of esters is 1. The second kappa shape index (κ2) is 6.67. The lowest BCUT2D eigenvalue weighted by atomic mass is 10.1. The van der Waals surface area contributed by atoms with Crippen LogP contribution in [0.15, 0.2) is 40.2 Å². The number of methoxy groups -OCH3 is 1. The number of hydrogen-bond donors (Lipinski definition) is 0. The highest BCUT2D eigenvalue weighted by Crippen LogP contribution is 2.23. The highest BCUT2D eigenvalue weighted by molar-refractivity contribution is 9.11. The van der Waals surface area contributed by atoms with Gasteiger partial charge in [-0.25, -0.2) is 4.79 Å². The standard InChI is InChI=1S/C14H11BrO4S/c1-18-11-5-3-2-4-9(11)10(16)8-19-14(17)12-6-7-13(15)20-12/h2-7H,8H2,1H3. The molecule has 0 amide bonds. The van der Waals surface area contributed by atoms with Crippen molar-refractivity contribution in [1.29, 1.82) is 0 Å². The molecule has 104 valence electrons. The molecule has 0 aliphatic rings. The summed E-state index contributed by atoms with van der Waals surface area (Å²) in [6.07, 6.45) is 0. The molecule has 0 saturated carbocycles. The molecule has 0 aliphatic carbocycles. The van der Waals surface area contributed by atoms with Crippen LogP contribution in [0.5, 0.6) is 5.75 Å². The zero-order valence-corrected chi connectivity index (χ0v) is 13.0. The maximum absolute atomic E-state index is 12.0. The third kappa shape index (κ3) is 3.46. The van der Waals surface area contributed by atoms with Crippen LogP contribution in [0, 0.1) is 0 Å². The Hall–Kier alpha value is -1.66. The van der Waals surface area contributed by atoms with Gasteiger partial charge in [0.05, 0.1) is 16.5 Å². The van der Waals surface area contributed by atoms with Crippen molar-refractivity contribution < 1.29 is 19.1 Å². The van der Waals surface area contributed by atoms with Crippen LogP contribution < -0.4 is 4.74 Å². The minimum Gasteiger partial charge on any atom is -0.496 e. The van der Waals surface area contributed by atoms with Crippen molar-refractivity contribution in [1.82, 2.24) is 0 Å². The van der Waals surface area contributed by atoms with Crippen LogP contribution in [0.2, 0.25) is 0 Å². The Balaban J connectivity index is 2.00. The van der Waals surface area contributed by atoms with Crippen LogP contribution in [0.1, 0.15) is 20.0 Å². The van der Waals surface area contributed by atoms with E-state index in [0.717, 1.165) is 3.79 Å². The highest BCUT2D eigenvalue weighted by Gasteiger charge is 2.16. The summed E-state index contributed by atoms with van der Waals surface area (Å²) in [4.78, 5) is 24.2. The number of Topliss-reactive ketones (excluding diaryl/α,β-unsaturated/α-hetero) is 1. The molecule has 0 saturated heterocycles. The van der Waals surface area contributed by atoms with Gasteiger partial charge in [-0.2, -0.15) is 0 Å². The lowest BCUT2D eigenvalue weighted by Gasteiger charge is -2.07. The summed E-state index contributed by atoms with van der Waals surface area (Å²) in [7, 11) is 1.49. The number of para-hydroxylation sites is 1. The van der Waals surface area contributed by atoms with Crippen LogP contribution in [0.25, 0.3) is 0 Å². The summed E-state index contributed by atoms with van der Waals surface area (Å²) < 4.78 is 10.9. The molecule has 2 rings (SSSR count). The maximum atomic E-state index is 12.0. The molecule has 0 atom stereocenters. The number of thiophene rings is 1.